The molecule has 1 heterocycles. The predicted octanol–water partition coefficient (Wildman–Crippen LogP) is 3.28. The van der Waals surface area contributed by atoms with Gasteiger partial charge in [0.05, 0.1) is 13.2 Å². The number of H-pyrrole nitrogens is 1. The van der Waals surface area contributed by atoms with Gasteiger partial charge in [0.2, 0.25) is 5.91 Å². The number of anilines is 1. The Kier molecular flexibility index (Phi) is 5.22. The Morgan fingerprint density at radius 3 is 2.62 bits per heavy atom. The molecule has 0 aliphatic rings. The van der Waals surface area contributed by atoms with Crippen molar-refractivity contribution in [3.05, 3.63) is 60.3 Å². The largest absolute Gasteiger partial charge is 0.494 e. The molecule has 1 aromatic heterocycles. The highest BCUT2D eigenvalue weighted by molar-refractivity contribution is 6.01. The van der Waals surface area contributed by atoms with Crippen molar-refractivity contribution in [2.24, 2.45) is 0 Å². The molecular weight excluding hydrogens is 330 g/mol. The highest BCUT2D eigenvalue weighted by Gasteiger charge is 2.17. The highest BCUT2D eigenvalue weighted by Crippen LogP contribution is 2.22. The zero-order valence-electron chi connectivity index (χ0n) is 14.8. The van der Waals surface area contributed by atoms with E-state index in [1.807, 2.05) is 43.3 Å². The third kappa shape index (κ3) is 4.03. The molecule has 2 N–H and O–H groups in total. The van der Waals surface area contributed by atoms with E-state index in [4.69, 9.17) is 4.74 Å². The van der Waals surface area contributed by atoms with Gasteiger partial charge in [0, 0.05) is 29.7 Å². The normalized spacial score (nSPS) is 10.5. The first kappa shape index (κ1) is 17.5. The molecule has 0 atom stereocenters. The summed E-state index contributed by atoms with van der Waals surface area (Å²) in [6.07, 6.45) is 0. The van der Waals surface area contributed by atoms with Crippen molar-refractivity contribution in [1.29, 1.82) is 0 Å². The molecule has 0 radical (unpaired) electrons. The average molecular weight is 351 g/mol. The molecule has 2 aromatic carbocycles. The van der Waals surface area contributed by atoms with Gasteiger partial charge in [0.1, 0.15) is 11.4 Å². The average Bonchev–Trinajstić information content (AvgIpc) is 3.05. The molecule has 0 fully saturated rings. The highest BCUT2D eigenvalue weighted by atomic mass is 16.5. The van der Waals surface area contributed by atoms with Crippen LogP contribution in [0.2, 0.25) is 0 Å². The summed E-state index contributed by atoms with van der Waals surface area (Å²) >= 11 is 0. The number of fused-ring (bicyclic) bond motifs is 1. The first-order chi connectivity index (χ1) is 12.6. The van der Waals surface area contributed by atoms with Gasteiger partial charge in [-0.25, -0.2) is 0 Å². The first-order valence-electron chi connectivity index (χ1n) is 8.42. The standard InChI is InChI=1S/C20H21N3O3/c1-3-26-16-10-9-14-11-18(22-17(14)12-16)20(25)23(2)13-19(24)21-15-7-5-4-6-8-15/h4-12,22H,3,13H2,1-2H3,(H,21,24). The van der Waals surface area contributed by atoms with E-state index < -0.39 is 0 Å². The summed E-state index contributed by atoms with van der Waals surface area (Å²) in [6, 6.07) is 16.5. The Bertz CT molecular complexity index is 918. The maximum atomic E-state index is 12.6. The number of amides is 2. The van der Waals surface area contributed by atoms with E-state index in [-0.39, 0.29) is 18.4 Å². The number of aromatic nitrogens is 1. The van der Waals surface area contributed by atoms with Gasteiger partial charge in [-0.05, 0) is 37.3 Å². The molecular formula is C20H21N3O3. The number of rotatable bonds is 6. The lowest BCUT2D eigenvalue weighted by atomic mass is 10.2. The number of benzene rings is 2. The first-order valence-corrected chi connectivity index (χ1v) is 8.42. The van der Waals surface area contributed by atoms with Gasteiger partial charge in [-0.1, -0.05) is 18.2 Å². The number of ether oxygens (including phenoxy) is 1. The molecule has 0 saturated heterocycles. The number of para-hydroxylation sites is 1. The predicted molar refractivity (Wildman–Crippen MR) is 101 cm³/mol. The van der Waals surface area contributed by atoms with Gasteiger partial charge in [-0.15, -0.1) is 0 Å². The third-order valence-corrected chi connectivity index (χ3v) is 3.92. The molecule has 0 bridgehead atoms. The van der Waals surface area contributed by atoms with E-state index in [0.717, 1.165) is 16.7 Å². The van der Waals surface area contributed by atoms with Crippen molar-refractivity contribution in [1.82, 2.24) is 9.88 Å². The van der Waals surface area contributed by atoms with E-state index >= 15 is 0 Å². The van der Waals surface area contributed by atoms with Crippen LogP contribution < -0.4 is 10.1 Å². The molecule has 0 aliphatic carbocycles. The summed E-state index contributed by atoms with van der Waals surface area (Å²) in [6.45, 7) is 2.47. The maximum Gasteiger partial charge on any atom is 0.270 e. The molecule has 0 saturated carbocycles. The number of carbonyl (C=O) groups is 2. The zero-order valence-corrected chi connectivity index (χ0v) is 14.8. The fourth-order valence-electron chi connectivity index (χ4n) is 2.69. The van der Waals surface area contributed by atoms with Crippen molar-refractivity contribution in [3.63, 3.8) is 0 Å². The van der Waals surface area contributed by atoms with Crippen LogP contribution in [0.4, 0.5) is 5.69 Å². The molecule has 2 amide bonds. The zero-order chi connectivity index (χ0) is 18.5. The molecule has 0 aliphatic heterocycles. The Balaban J connectivity index is 1.67. The quantitative estimate of drug-likeness (QED) is 0.716. The second-order valence-electron chi connectivity index (χ2n) is 5.94. The monoisotopic (exact) mass is 351 g/mol. The van der Waals surface area contributed by atoms with Crippen molar-refractivity contribution >= 4 is 28.4 Å². The van der Waals surface area contributed by atoms with E-state index in [2.05, 4.69) is 10.3 Å². The van der Waals surface area contributed by atoms with Crippen LogP contribution in [0.3, 0.4) is 0 Å². The second-order valence-corrected chi connectivity index (χ2v) is 5.94. The van der Waals surface area contributed by atoms with E-state index in [1.165, 1.54) is 4.90 Å². The fraction of sp³-hybridized carbons (Fsp3) is 0.200. The van der Waals surface area contributed by atoms with Crippen molar-refractivity contribution < 1.29 is 14.3 Å². The summed E-state index contributed by atoms with van der Waals surface area (Å²) in [5.74, 6) is 0.251. The number of hydrogen-bond acceptors (Lipinski definition) is 3. The van der Waals surface area contributed by atoms with Crippen molar-refractivity contribution in [2.45, 2.75) is 6.92 Å². The Morgan fingerprint density at radius 1 is 1.12 bits per heavy atom. The van der Waals surface area contributed by atoms with Crippen molar-refractivity contribution in [3.8, 4) is 5.75 Å². The van der Waals surface area contributed by atoms with Gasteiger partial charge in [-0.2, -0.15) is 0 Å². The van der Waals surface area contributed by atoms with E-state index in [1.54, 1.807) is 25.2 Å². The summed E-state index contributed by atoms with van der Waals surface area (Å²) in [7, 11) is 1.60. The lowest BCUT2D eigenvalue weighted by Gasteiger charge is -2.16. The minimum atomic E-state index is -0.248. The fourth-order valence-corrected chi connectivity index (χ4v) is 2.69. The lowest BCUT2D eigenvalue weighted by molar-refractivity contribution is -0.116. The Morgan fingerprint density at radius 2 is 1.88 bits per heavy atom. The molecule has 26 heavy (non-hydrogen) atoms. The number of nitrogens with one attached hydrogen (secondary N) is 2. The van der Waals surface area contributed by atoms with Gasteiger partial charge in [0.25, 0.3) is 5.91 Å². The van der Waals surface area contributed by atoms with Crippen LogP contribution in [0.5, 0.6) is 5.75 Å². The molecule has 3 rings (SSSR count). The van der Waals surface area contributed by atoms with Crippen LogP contribution >= 0.6 is 0 Å². The summed E-state index contributed by atoms with van der Waals surface area (Å²) < 4.78 is 5.47. The van der Waals surface area contributed by atoms with Crippen LogP contribution in [-0.2, 0) is 4.79 Å². The van der Waals surface area contributed by atoms with E-state index in [0.29, 0.717) is 18.0 Å². The van der Waals surface area contributed by atoms with Crippen molar-refractivity contribution in [2.75, 3.05) is 25.5 Å². The molecule has 0 spiro atoms. The second kappa shape index (κ2) is 7.74. The maximum absolute atomic E-state index is 12.6. The summed E-state index contributed by atoms with van der Waals surface area (Å²) in [4.78, 5) is 29.2. The molecule has 134 valence electrons. The van der Waals surface area contributed by atoms with Gasteiger partial charge in [0.15, 0.2) is 0 Å². The summed E-state index contributed by atoms with van der Waals surface area (Å²) in [5.41, 5.74) is 1.96. The molecule has 6 heteroatoms. The van der Waals surface area contributed by atoms with Gasteiger partial charge < -0.3 is 19.9 Å². The van der Waals surface area contributed by atoms with Gasteiger partial charge >= 0.3 is 0 Å². The van der Waals surface area contributed by atoms with Crippen LogP contribution in [0.25, 0.3) is 10.9 Å². The number of carbonyl (C=O) groups excluding carboxylic acids is 2. The van der Waals surface area contributed by atoms with E-state index in [9.17, 15) is 9.59 Å². The summed E-state index contributed by atoms with van der Waals surface area (Å²) in [5, 5.41) is 3.68. The van der Waals surface area contributed by atoms with Crippen LogP contribution in [0, 0.1) is 0 Å². The van der Waals surface area contributed by atoms with Crippen LogP contribution in [0.1, 0.15) is 17.4 Å². The number of nitrogens with zero attached hydrogens (tertiary/aromatic N) is 1. The Hall–Kier alpha value is -3.28. The van der Waals surface area contributed by atoms with Gasteiger partial charge in [-0.3, -0.25) is 9.59 Å². The topological polar surface area (TPSA) is 74.4 Å². The van der Waals surface area contributed by atoms with Crippen LogP contribution in [-0.4, -0.2) is 41.9 Å². The Labute approximate surface area is 151 Å². The SMILES string of the molecule is CCOc1ccc2cc(C(=O)N(C)CC(=O)Nc3ccccc3)[nH]c2c1. The molecule has 0 unspecified atom stereocenters. The third-order valence-electron chi connectivity index (χ3n) is 3.92. The minimum Gasteiger partial charge on any atom is -0.494 e. The number of hydrogen-bond donors (Lipinski definition) is 2. The number of likely N-dealkylation sites (N-methyl/N-ethyl adjacent to an activating group) is 1. The minimum absolute atomic E-state index is 0.0344. The molecule has 6 nitrogen and oxygen atoms in total. The number of aromatic amines is 1. The smallest absolute Gasteiger partial charge is 0.270 e. The lowest BCUT2D eigenvalue weighted by Crippen LogP contribution is -2.35. The molecule has 3 aromatic rings. The van der Waals surface area contributed by atoms with Crippen LogP contribution in [0.15, 0.2) is 54.6 Å².